The molecular weight excluding hydrogens is 334 g/mol. The van der Waals surface area contributed by atoms with E-state index >= 15 is 0 Å². The summed E-state index contributed by atoms with van der Waals surface area (Å²) < 4.78 is 10.2. The molecule has 1 N–H and O–H groups in total. The minimum absolute atomic E-state index is 0.0870. The highest BCUT2D eigenvalue weighted by molar-refractivity contribution is 5.94. The van der Waals surface area contributed by atoms with Crippen LogP contribution in [0.2, 0.25) is 0 Å². The second kappa shape index (κ2) is 9.36. The molecule has 136 valence electrons. The molecule has 0 spiro atoms. The first-order valence-corrected chi connectivity index (χ1v) is 8.13. The molecular formula is C20H21NO5. The zero-order valence-corrected chi connectivity index (χ0v) is 14.8. The van der Waals surface area contributed by atoms with Crippen molar-refractivity contribution in [3.8, 4) is 5.75 Å². The Bertz CT molecular complexity index is 786. The van der Waals surface area contributed by atoms with Crippen molar-refractivity contribution >= 4 is 17.7 Å². The van der Waals surface area contributed by atoms with E-state index in [1.54, 1.807) is 18.2 Å². The Morgan fingerprint density at radius 1 is 1.04 bits per heavy atom. The quantitative estimate of drug-likeness (QED) is 0.580. The molecule has 0 unspecified atom stereocenters. The molecule has 0 heterocycles. The Morgan fingerprint density at radius 2 is 1.77 bits per heavy atom. The molecule has 0 aliphatic carbocycles. The van der Waals surface area contributed by atoms with Crippen molar-refractivity contribution in [2.24, 2.45) is 0 Å². The minimum atomic E-state index is -0.570. The lowest BCUT2D eigenvalue weighted by atomic mass is 10.0. The Balaban J connectivity index is 1.85. The van der Waals surface area contributed by atoms with Gasteiger partial charge in [-0.3, -0.25) is 14.4 Å². The van der Waals surface area contributed by atoms with Crippen molar-refractivity contribution in [2.45, 2.75) is 19.9 Å². The molecule has 0 saturated carbocycles. The topological polar surface area (TPSA) is 81.7 Å². The van der Waals surface area contributed by atoms with Gasteiger partial charge in [-0.2, -0.15) is 0 Å². The lowest BCUT2D eigenvalue weighted by molar-refractivity contribution is -0.147. The van der Waals surface area contributed by atoms with E-state index in [2.05, 4.69) is 5.32 Å². The average molecular weight is 355 g/mol. The van der Waals surface area contributed by atoms with Crippen LogP contribution in [0.15, 0.2) is 48.5 Å². The largest absolute Gasteiger partial charge is 0.496 e. The summed E-state index contributed by atoms with van der Waals surface area (Å²) >= 11 is 0. The minimum Gasteiger partial charge on any atom is -0.496 e. The Morgan fingerprint density at radius 3 is 2.42 bits per heavy atom. The third-order valence-electron chi connectivity index (χ3n) is 3.72. The molecule has 0 bridgehead atoms. The van der Waals surface area contributed by atoms with Crippen LogP contribution in [0.1, 0.15) is 28.4 Å². The molecule has 2 aromatic carbocycles. The molecule has 0 aliphatic rings. The molecule has 2 aromatic rings. The van der Waals surface area contributed by atoms with E-state index in [1.165, 1.54) is 14.0 Å². The van der Waals surface area contributed by atoms with Crippen LogP contribution in [-0.2, 0) is 27.3 Å². The number of methoxy groups -OCH3 is 1. The van der Waals surface area contributed by atoms with Crippen LogP contribution in [-0.4, -0.2) is 31.4 Å². The molecule has 26 heavy (non-hydrogen) atoms. The number of ketones is 1. The van der Waals surface area contributed by atoms with E-state index in [0.29, 0.717) is 23.4 Å². The monoisotopic (exact) mass is 355 g/mol. The summed E-state index contributed by atoms with van der Waals surface area (Å²) in [5, 5.41) is 2.68. The Hall–Kier alpha value is -3.15. The zero-order valence-electron chi connectivity index (χ0n) is 14.8. The first-order chi connectivity index (χ1) is 12.5. The van der Waals surface area contributed by atoms with E-state index in [-0.39, 0.29) is 24.7 Å². The van der Waals surface area contributed by atoms with E-state index in [4.69, 9.17) is 9.47 Å². The standard InChI is InChI=1S/C20H21NO5/c1-14(22)16-8-9-18(25-2)17(10-16)11-20(24)26-13-19(23)21-12-15-6-4-3-5-7-15/h3-10H,11-13H2,1-2H3,(H,21,23). The molecule has 0 fully saturated rings. The number of ether oxygens (including phenoxy) is 2. The van der Waals surface area contributed by atoms with Gasteiger partial charge in [0.05, 0.1) is 13.5 Å². The van der Waals surface area contributed by atoms with Crippen molar-refractivity contribution in [1.29, 1.82) is 0 Å². The lowest BCUT2D eigenvalue weighted by Gasteiger charge is -2.10. The van der Waals surface area contributed by atoms with Crippen molar-refractivity contribution in [2.75, 3.05) is 13.7 Å². The SMILES string of the molecule is COc1ccc(C(C)=O)cc1CC(=O)OCC(=O)NCc1ccccc1. The molecule has 0 saturated heterocycles. The van der Waals surface area contributed by atoms with Crippen molar-refractivity contribution in [3.05, 3.63) is 65.2 Å². The number of esters is 1. The lowest BCUT2D eigenvalue weighted by Crippen LogP contribution is -2.28. The van der Waals surface area contributed by atoms with Crippen LogP contribution in [0, 0.1) is 0 Å². The number of carbonyl (C=O) groups is 3. The van der Waals surface area contributed by atoms with Gasteiger partial charge in [0.25, 0.3) is 5.91 Å². The Labute approximate surface area is 152 Å². The summed E-state index contributed by atoms with van der Waals surface area (Å²) in [4.78, 5) is 35.3. The number of benzene rings is 2. The maximum absolute atomic E-state index is 12.0. The fourth-order valence-corrected chi connectivity index (χ4v) is 2.34. The summed E-state index contributed by atoms with van der Waals surface area (Å²) in [6.45, 7) is 1.45. The smallest absolute Gasteiger partial charge is 0.310 e. The summed E-state index contributed by atoms with van der Waals surface area (Å²) in [7, 11) is 1.48. The first kappa shape index (κ1) is 19.2. The maximum Gasteiger partial charge on any atom is 0.310 e. The molecule has 6 nitrogen and oxygen atoms in total. The third-order valence-corrected chi connectivity index (χ3v) is 3.72. The van der Waals surface area contributed by atoms with Gasteiger partial charge < -0.3 is 14.8 Å². The van der Waals surface area contributed by atoms with Crippen LogP contribution < -0.4 is 10.1 Å². The summed E-state index contributed by atoms with van der Waals surface area (Å²) in [5.74, 6) is -0.575. The normalized spacial score (nSPS) is 10.1. The van der Waals surface area contributed by atoms with Gasteiger partial charge in [0.1, 0.15) is 5.75 Å². The molecule has 1 amide bonds. The molecule has 0 atom stereocenters. The third kappa shape index (κ3) is 5.73. The fraction of sp³-hybridized carbons (Fsp3) is 0.250. The number of hydrogen-bond donors (Lipinski definition) is 1. The second-order valence-electron chi connectivity index (χ2n) is 5.68. The fourth-order valence-electron chi connectivity index (χ4n) is 2.34. The van der Waals surface area contributed by atoms with Gasteiger partial charge in [-0.05, 0) is 30.7 Å². The summed E-state index contributed by atoms with van der Waals surface area (Å²) in [6.07, 6.45) is -0.0870. The van der Waals surface area contributed by atoms with Crippen molar-refractivity contribution in [1.82, 2.24) is 5.32 Å². The molecule has 6 heteroatoms. The van der Waals surface area contributed by atoms with Gasteiger partial charge in [-0.25, -0.2) is 0 Å². The molecule has 0 radical (unpaired) electrons. The van der Waals surface area contributed by atoms with Gasteiger partial charge in [-0.1, -0.05) is 30.3 Å². The number of hydrogen-bond acceptors (Lipinski definition) is 5. The zero-order chi connectivity index (χ0) is 18.9. The van der Waals surface area contributed by atoms with E-state index in [9.17, 15) is 14.4 Å². The highest BCUT2D eigenvalue weighted by Crippen LogP contribution is 2.21. The van der Waals surface area contributed by atoms with Crippen LogP contribution in [0.25, 0.3) is 0 Å². The highest BCUT2D eigenvalue weighted by Gasteiger charge is 2.13. The van der Waals surface area contributed by atoms with Crippen molar-refractivity contribution < 1.29 is 23.9 Å². The van der Waals surface area contributed by atoms with E-state index in [0.717, 1.165) is 5.56 Å². The van der Waals surface area contributed by atoms with Gasteiger partial charge in [0.15, 0.2) is 12.4 Å². The van der Waals surface area contributed by atoms with Gasteiger partial charge in [0.2, 0.25) is 0 Å². The molecule has 2 rings (SSSR count). The first-order valence-electron chi connectivity index (χ1n) is 8.13. The van der Waals surface area contributed by atoms with Gasteiger partial charge >= 0.3 is 5.97 Å². The predicted molar refractivity (Wildman–Crippen MR) is 96.0 cm³/mol. The van der Waals surface area contributed by atoms with Crippen molar-refractivity contribution in [3.63, 3.8) is 0 Å². The van der Waals surface area contributed by atoms with Gasteiger partial charge in [0, 0.05) is 17.7 Å². The van der Waals surface area contributed by atoms with Crippen LogP contribution in [0.5, 0.6) is 5.75 Å². The predicted octanol–water partition coefficient (Wildman–Crippen LogP) is 2.30. The number of Topliss-reactive ketones (excluding diaryl/α,β-unsaturated/α-hetero) is 1. The maximum atomic E-state index is 12.0. The number of nitrogens with one attached hydrogen (secondary N) is 1. The van der Waals surface area contributed by atoms with Gasteiger partial charge in [-0.15, -0.1) is 0 Å². The second-order valence-corrected chi connectivity index (χ2v) is 5.68. The molecule has 0 aromatic heterocycles. The number of amides is 1. The Kier molecular flexibility index (Phi) is 6.91. The summed E-state index contributed by atoms with van der Waals surface area (Å²) in [6, 6.07) is 14.3. The van der Waals surface area contributed by atoms with Crippen LogP contribution in [0.3, 0.4) is 0 Å². The van der Waals surface area contributed by atoms with Crippen LogP contribution >= 0.6 is 0 Å². The number of rotatable bonds is 8. The molecule has 0 aliphatic heterocycles. The highest BCUT2D eigenvalue weighted by atomic mass is 16.5. The number of carbonyl (C=O) groups excluding carboxylic acids is 3. The van der Waals surface area contributed by atoms with Crippen LogP contribution in [0.4, 0.5) is 0 Å². The van der Waals surface area contributed by atoms with E-state index in [1.807, 2.05) is 30.3 Å². The van der Waals surface area contributed by atoms with E-state index < -0.39 is 5.97 Å². The summed E-state index contributed by atoms with van der Waals surface area (Å²) in [5.41, 5.74) is 1.97. The average Bonchev–Trinajstić information content (AvgIpc) is 2.65.